The van der Waals surface area contributed by atoms with E-state index in [-0.39, 0.29) is 23.5 Å². The quantitative estimate of drug-likeness (QED) is 0.550. The molecule has 0 spiro atoms. The van der Waals surface area contributed by atoms with E-state index in [1.54, 1.807) is 0 Å². The molecule has 2 amide bonds. The molecule has 2 N–H and O–H groups in total. The van der Waals surface area contributed by atoms with Gasteiger partial charge in [-0.2, -0.15) is 0 Å². The summed E-state index contributed by atoms with van der Waals surface area (Å²) in [5.74, 6) is 0.285. The third-order valence-electron chi connectivity index (χ3n) is 4.82. The average molecular weight is 405 g/mol. The van der Waals surface area contributed by atoms with Gasteiger partial charge in [-0.1, -0.05) is 54.5 Å². The Bertz CT molecular complexity index is 816. The van der Waals surface area contributed by atoms with Gasteiger partial charge in [0.1, 0.15) is 0 Å². The molecule has 3 rings (SSSR count). The third-order valence-corrected chi connectivity index (χ3v) is 6.79. The minimum Gasteiger partial charge on any atom is -0.325 e. The second-order valence-electron chi connectivity index (χ2n) is 6.78. The molecule has 0 atom stereocenters. The van der Waals surface area contributed by atoms with Crippen LogP contribution in [0.15, 0.2) is 22.5 Å². The first-order chi connectivity index (χ1) is 13.0. The zero-order valence-electron chi connectivity index (χ0n) is 15.6. The monoisotopic (exact) mass is 404 g/mol. The molecule has 1 aliphatic carbocycles. The van der Waals surface area contributed by atoms with Crippen LogP contribution in [0.3, 0.4) is 0 Å². The van der Waals surface area contributed by atoms with Crippen LogP contribution in [-0.4, -0.2) is 27.8 Å². The second kappa shape index (κ2) is 9.32. The molecule has 2 aromatic rings. The van der Waals surface area contributed by atoms with E-state index in [0.717, 1.165) is 42.5 Å². The van der Waals surface area contributed by atoms with E-state index < -0.39 is 0 Å². The molecule has 8 heteroatoms. The first kappa shape index (κ1) is 19.8. The first-order valence-electron chi connectivity index (χ1n) is 9.16. The summed E-state index contributed by atoms with van der Waals surface area (Å²) in [4.78, 5) is 24.5. The zero-order chi connectivity index (χ0) is 19.2. The highest BCUT2D eigenvalue weighted by Gasteiger charge is 2.22. The summed E-state index contributed by atoms with van der Waals surface area (Å²) in [5.41, 5.74) is 3.04. The van der Waals surface area contributed by atoms with Gasteiger partial charge in [0.15, 0.2) is 4.34 Å². The number of nitrogens with one attached hydrogen (secondary N) is 2. The molecule has 0 radical (unpaired) electrons. The maximum atomic E-state index is 12.3. The van der Waals surface area contributed by atoms with E-state index in [9.17, 15) is 9.59 Å². The number of aryl methyl sites for hydroxylation is 1. The van der Waals surface area contributed by atoms with E-state index in [2.05, 4.69) is 20.8 Å². The Morgan fingerprint density at radius 1 is 1.15 bits per heavy atom. The second-order valence-corrected chi connectivity index (χ2v) is 8.98. The smallest absolute Gasteiger partial charge is 0.234 e. The van der Waals surface area contributed by atoms with Gasteiger partial charge >= 0.3 is 0 Å². The van der Waals surface area contributed by atoms with Crippen LogP contribution in [0, 0.1) is 19.8 Å². The van der Waals surface area contributed by atoms with Crippen LogP contribution in [0.5, 0.6) is 0 Å². The molecule has 1 saturated carbocycles. The summed E-state index contributed by atoms with van der Waals surface area (Å²) in [7, 11) is 0. The third kappa shape index (κ3) is 5.52. The largest absolute Gasteiger partial charge is 0.325 e. The van der Waals surface area contributed by atoms with Gasteiger partial charge in [-0.3, -0.25) is 9.59 Å². The minimum atomic E-state index is -0.0864. The van der Waals surface area contributed by atoms with Gasteiger partial charge < -0.3 is 10.6 Å². The fraction of sp³-hybridized carbons (Fsp3) is 0.474. The number of hydrogen-bond donors (Lipinski definition) is 2. The van der Waals surface area contributed by atoms with Crippen molar-refractivity contribution in [2.75, 3.05) is 16.4 Å². The predicted molar refractivity (Wildman–Crippen MR) is 110 cm³/mol. The minimum absolute atomic E-state index is 0.0371. The molecule has 1 aliphatic rings. The molecule has 144 valence electrons. The predicted octanol–water partition coefficient (Wildman–Crippen LogP) is 4.40. The normalized spacial score (nSPS) is 14.7. The Labute approximate surface area is 167 Å². The molecule has 1 aromatic heterocycles. The lowest BCUT2D eigenvalue weighted by Gasteiger charge is -2.19. The number of hydrogen-bond acceptors (Lipinski definition) is 6. The molecule has 0 unspecified atom stereocenters. The van der Waals surface area contributed by atoms with Gasteiger partial charge in [-0.25, -0.2) is 0 Å². The van der Waals surface area contributed by atoms with Crippen LogP contribution in [0.1, 0.15) is 43.2 Å². The number of carbonyl (C=O) groups is 2. The topological polar surface area (TPSA) is 84.0 Å². The average Bonchev–Trinajstić information content (AvgIpc) is 3.12. The molecule has 1 fully saturated rings. The summed E-state index contributed by atoms with van der Waals surface area (Å²) >= 11 is 2.63. The van der Waals surface area contributed by atoms with Crippen molar-refractivity contribution in [3.63, 3.8) is 0 Å². The lowest BCUT2D eigenvalue weighted by atomic mass is 9.89. The van der Waals surface area contributed by atoms with Crippen LogP contribution >= 0.6 is 23.1 Å². The van der Waals surface area contributed by atoms with Crippen LogP contribution < -0.4 is 10.6 Å². The van der Waals surface area contributed by atoms with E-state index in [1.165, 1.54) is 29.5 Å². The van der Waals surface area contributed by atoms with E-state index in [4.69, 9.17) is 0 Å². The number of nitrogens with zero attached hydrogens (tertiary/aromatic N) is 2. The lowest BCUT2D eigenvalue weighted by molar-refractivity contribution is -0.120. The van der Waals surface area contributed by atoms with Crippen molar-refractivity contribution >= 4 is 45.7 Å². The first-order valence-corrected chi connectivity index (χ1v) is 11.0. The van der Waals surface area contributed by atoms with Gasteiger partial charge in [-0.15, -0.1) is 10.2 Å². The fourth-order valence-corrected chi connectivity index (χ4v) is 4.65. The summed E-state index contributed by atoms with van der Waals surface area (Å²) in [5, 5.41) is 14.4. The van der Waals surface area contributed by atoms with Crippen LogP contribution in [0.25, 0.3) is 0 Å². The SMILES string of the molecule is Cc1cccc(NC(=O)CSc2nnc(NC(=O)C3CCCCC3)s2)c1C. The van der Waals surface area contributed by atoms with Gasteiger partial charge in [0.25, 0.3) is 0 Å². The summed E-state index contributed by atoms with van der Waals surface area (Å²) < 4.78 is 0.671. The maximum absolute atomic E-state index is 12.3. The van der Waals surface area contributed by atoms with Gasteiger partial charge in [-0.05, 0) is 43.9 Å². The van der Waals surface area contributed by atoms with Crippen molar-refractivity contribution < 1.29 is 9.59 Å². The molecule has 1 aromatic carbocycles. The number of carbonyl (C=O) groups excluding carboxylic acids is 2. The molecule has 0 bridgehead atoms. The highest BCUT2D eigenvalue weighted by molar-refractivity contribution is 8.01. The Morgan fingerprint density at radius 2 is 1.93 bits per heavy atom. The van der Waals surface area contributed by atoms with Gasteiger partial charge in [0.05, 0.1) is 5.75 Å². The number of rotatable bonds is 6. The Kier molecular flexibility index (Phi) is 6.84. The molecule has 6 nitrogen and oxygen atoms in total. The lowest BCUT2D eigenvalue weighted by Crippen LogP contribution is -2.24. The standard InChI is InChI=1S/C19H24N4O2S2/c1-12-7-6-10-15(13(12)2)20-16(24)11-26-19-23-22-18(27-19)21-17(25)14-8-4-3-5-9-14/h6-7,10,14H,3-5,8-9,11H2,1-2H3,(H,20,24)(H,21,22,25). The Morgan fingerprint density at radius 3 is 2.70 bits per heavy atom. The van der Waals surface area contributed by atoms with Crippen LogP contribution in [0.4, 0.5) is 10.8 Å². The number of benzene rings is 1. The summed E-state index contributed by atoms with van der Waals surface area (Å²) in [6.07, 6.45) is 5.35. The van der Waals surface area contributed by atoms with Crippen molar-refractivity contribution in [3.8, 4) is 0 Å². The van der Waals surface area contributed by atoms with Gasteiger partial charge in [0, 0.05) is 11.6 Å². The van der Waals surface area contributed by atoms with Crippen molar-refractivity contribution in [2.24, 2.45) is 5.92 Å². The van der Waals surface area contributed by atoms with Crippen molar-refractivity contribution in [1.29, 1.82) is 0 Å². The van der Waals surface area contributed by atoms with Crippen molar-refractivity contribution in [2.45, 2.75) is 50.3 Å². The van der Waals surface area contributed by atoms with E-state index in [0.29, 0.717) is 9.47 Å². The van der Waals surface area contributed by atoms with E-state index in [1.807, 2.05) is 32.0 Å². The molecular formula is C19H24N4O2S2. The van der Waals surface area contributed by atoms with Crippen molar-refractivity contribution in [1.82, 2.24) is 10.2 Å². The zero-order valence-corrected chi connectivity index (χ0v) is 17.2. The molecule has 0 saturated heterocycles. The molecule has 1 heterocycles. The fourth-order valence-electron chi connectivity index (χ4n) is 3.09. The number of aromatic nitrogens is 2. The maximum Gasteiger partial charge on any atom is 0.234 e. The molecular weight excluding hydrogens is 380 g/mol. The van der Waals surface area contributed by atoms with Crippen LogP contribution in [0.2, 0.25) is 0 Å². The van der Waals surface area contributed by atoms with Crippen LogP contribution in [-0.2, 0) is 9.59 Å². The number of thioether (sulfide) groups is 1. The number of anilines is 2. The van der Waals surface area contributed by atoms with Crippen molar-refractivity contribution in [3.05, 3.63) is 29.3 Å². The highest BCUT2D eigenvalue weighted by atomic mass is 32.2. The summed E-state index contributed by atoms with van der Waals surface area (Å²) in [6, 6.07) is 5.84. The van der Waals surface area contributed by atoms with E-state index >= 15 is 0 Å². The number of amides is 2. The Hall–Kier alpha value is -1.93. The molecule has 27 heavy (non-hydrogen) atoms. The van der Waals surface area contributed by atoms with Gasteiger partial charge in [0.2, 0.25) is 16.9 Å². The summed E-state index contributed by atoms with van der Waals surface area (Å²) in [6.45, 7) is 4.01. The molecule has 0 aliphatic heterocycles. The Balaban J connectivity index is 1.48. The highest BCUT2D eigenvalue weighted by Crippen LogP contribution is 2.28.